The number of benzene rings is 4. The predicted molar refractivity (Wildman–Crippen MR) is 195 cm³/mol. The molecule has 0 amide bonds. The van der Waals surface area contributed by atoms with Crippen molar-refractivity contribution in [1.82, 2.24) is 9.97 Å². The van der Waals surface area contributed by atoms with Gasteiger partial charge in [-0.1, -0.05) is 59.0 Å². The fourth-order valence-electron chi connectivity index (χ4n) is 6.16. The van der Waals surface area contributed by atoms with Crippen molar-refractivity contribution in [2.75, 3.05) is 0 Å². The molecule has 0 spiro atoms. The number of rotatable bonds is 4. The van der Waals surface area contributed by atoms with Crippen LogP contribution < -0.4 is 4.40 Å². The van der Waals surface area contributed by atoms with E-state index in [1.54, 1.807) is 0 Å². The van der Waals surface area contributed by atoms with Gasteiger partial charge < -0.3 is 4.98 Å². The Balaban J connectivity index is 0.000000187. The van der Waals surface area contributed by atoms with Gasteiger partial charge in [-0.3, -0.25) is 0 Å². The minimum absolute atomic E-state index is 0. The van der Waals surface area contributed by atoms with Crippen LogP contribution in [0.4, 0.5) is 0 Å². The van der Waals surface area contributed by atoms with Gasteiger partial charge in [0.1, 0.15) is 0 Å². The summed E-state index contributed by atoms with van der Waals surface area (Å²) < 4.78 is 4.07. The van der Waals surface area contributed by atoms with Crippen LogP contribution in [0.2, 0.25) is 17.3 Å². The van der Waals surface area contributed by atoms with E-state index in [0.717, 1.165) is 23.4 Å². The topological polar surface area (TPSA) is 25.8 Å². The van der Waals surface area contributed by atoms with Gasteiger partial charge in [-0.05, 0) is 64.7 Å². The van der Waals surface area contributed by atoms with Gasteiger partial charge in [-0.2, -0.15) is 11.3 Å². The predicted octanol–water partition coefficient (Wildman–Crippen LogP) is 10.6. The Morgan fingerprint density at radius 3 is 2.30 bits per heavy atom. The number of aromatic nitrogens is 2. The maximum Gasteiger partial charge on any atom is 0.0245 e. The smallest absolute Gasteiger partial charge is 0.0245 e. The van der Waals surface area contributed by atoms with E-state index in [-0.39, 0.29) is 20.1 Å². The normalized spacial score (nSPS) is 12.6. The molecular weight excluding hydrogens is 817 g/mol. The first-order chi connectivity index (χ1) is 22.0. The summed E-state index contributed by atoms with van der Waals surface area (Å²) in [6, 6.07) is 42.9. The molecule has 0 N–H and O–H groups in total. The summed E-state index contributed by atoms with van der Waals surface area (Å²) in [5.74, 6) is 7.14. The summed E-state index contributed by atoms with van der Waals surface area (Å²) in [5, 5.41) is 2.64. The van der Waals surface area contributed by atoms with Crippen molar-refractivity contribution >= 4 is 49.2 Å². The summed E-state index contributed by atoms with van der Waals surface area (Å²) in [4.78, 5) is 9.35. The van der Waals surface area contributed by atoms with E-state index in [4.69, 9.17) is 4.98 Å². The van der Waals surface area contributed by atoms with Crippen LogP contribution in [0.5, 0.6) is 0 Å². The largest absolute Gasteiger partial charge is 0.304 e. The minimum atomic E-state index is -1.72. The van der Waals surface area contributed by atoms with Gasteiger partial charge >= 0.3 is 99.8 Å². The van der Waals surface area contributed by atoms with Gasteiger partial charge in [0.25, 0.3) is 0 Å². The van der Waals surface area contributed by atoms with Crippen molar-refractivity contribution in [2.45, 2.75) is 43.0 Å². The molecule has 7 aromatic rings. The number of thiophene rings is 1. The Labute approximate surface area is 292 Å². The standard InChI is InChI=1S/C27H20NS.C14H16GeN.Ir/c1-2-7-18(8-3-1)20-13-14-22-23-11-6-12-24(27(23)29-25(22)17-20)26-21-10-5-4-9-19(21)15-16-28-26;1-15(2,3)13-9-10-14(16-11-13)12-7-5-4-6-8-12;/h1-3,6-8,11,13-17H,4-5,9-10H2;4-7,9-11H,1-3H3;/q2*-1;. The van der Waals surface area contributed by atoms with Crippen LogP contribution in [0.3, 0.4) is 0 Å². The maximum absolute atomic E-state index is 4.82. The molecule has 0 bridgehead atoms. The third kappa shape index (κ3) is 6.82. The quantitative estimate of drug-likeness (QED) is 0.130. The third-order valence-corrected chi connectivity index (χ3v) is 14.1. The summed E-state index contributed by atoms with van der Waals surface area (Å²) in [6.07, 6.45) is 8.87. The molecule has 0 atom stereocenters. The van der Waals surface area contributed by atoms with Gasteiger partial charge in [0.05, 0.1) is 0 Å². The molecule has 0 unspecified atom stereocenters. The minimum Gasteiger partial charge on any atom is -0.304 e. The van der Waals surface area contributed by atoms with E-state index in [1.807, 2.05) is 48.0 Å². The molecule has 3 heterocycles. The van der Waals surface area contributed by atoms with Crippen LogP contribution in [0.25, 0.3) is 53.8 Å². The molecule has 0 saturated carbocycles. The first-order valence-electron chi connectivity index (χ1n) is 15.8. The molecular formula is C41H36GeIrN2S-2. The number of nitrogens with zero attached hydrogens (tertiary/aromatic N) is 2. The van der Waals surface area contributed by atoms with E-state index in [1.165, 1.54) is 71.6 Å². The first kappa shape index (κ1) is 32.5. The molecule has 231 valence electrons. The fraction of sp³-hybridized carbons (Fsp3) is 0.171. The Bertz CT molecular complexity index is 2080. The Morgan fingerprint density at radius 1 is 0.717 bits per heavy atom. The molecule has 0 fully saturated rings. The van der Waals surface area contributed by atoms with Crippen LogP contribution in [0.1, 0.15) is 24.0 Å². The molecule has 2 nitrogen and oxygen atoms in total. The van der Waals surface area contributed by atoms with Crippen LogP contribution in [0, 0.1) is 12.1 Å². The van der Waals surface area contributed by atoms with Crippen LogP contribution >= 0.6 is 11.3 Å². The van der Waals surface area contributed by atoms with Crippen LogP contribution in [-0.4, -0.2) is 23.2 Å². The zero-order valence-corrected chi connectivity index (χ0v) is 31.7. The van der Waals surface area contributed by atoms with Crippen molar-refractivity contribution in [2.24, 2.45) is 0 Å². The third-order valence-electron chi connectivity index (χ3n) is 8.67. The summed E-state index contributed by atoms with van der Waals surface area (Å²) in [6.45, 7) is 0. The monoisotopic (exact) mass is 855 g/mol. The molecule has 4 aromatic carbocycles. The summed E-state index contributed by atoms with van der Waals surface area (Å²) in [7, 11) is 0. The van der Waals surface area contributed by atoms with Crippen LogP contribution in [0.15, 0.2) is 116 Å². The van der Waals surface area contributed by atoms with Crippen molar-refractivity contribution in [3.63, 3.8) is 0 Å². The number of fused-ring (bicyclic) bond motifs is 4. The van der Waals surface area contributed by atoms with E-state index in [9.17, 15) is 0 Å². The van der Waals surface area contributed by atoms with Crippen molar-refractivity contribution < 1.29 is 20.1 Å². The Morgan fingerprint density at radius 2 is 1.54 bits per heavy atom. The van der Waals surface area contributed by atoms with Gasteiger partial charge in [0.15, 0.2) is 0 Å². The van der Waals surface area contributed by atoms with Gasteiger partial charge in [0, 0.05) is 31.0 Å². The molecule has 0 saturated heterocycles. The average Bonchev–Trinajstić information content (AvgIpc) is 3.47. The molecule has 1 aliphatic carbocycles. The maximum atomic E-state index is 4.82. The van der Waals surface area contributed by atoms with Crippen molar-refractivity contribution in [3.05, 3.63) is 139 Å². The number of hydrogen-bond donors (Lipinski definition) is 0. The second kappa shape index (κ2) is 14.2. The number of hydrogen-bond acceptors (Lipinski definition) is 3. The molecule has 3 aromatic heterocycles. The molecule has 1 radical (unpaired) electrons. The second-order valence-electron chi connectivity index (χ2n) is 12.7. The molecule has 1 aliphatic rings. The van der Waals surface area contributed by atoms with Crippen LogP contribution in [-0.2, 0) is 32.9 Å². The summed E-state index contributed by atoms with van der Waals surface area (Å²) >= 11 is 0.155. The van der Waals surface area contributed by atoms with Gasteiger partial charge in [-0.25, -0.2) is 0 Å². The Hall–Kier alpha value is -3.41. The zero-order valence-electron chi connectivity index (χ0n) is 26.4. The fourth-order valence-corrected chi connectivity index (χ4v) is 9.57. The van der Waals surface area contributed by atoms with E-state index >= 15 is 0 Å². The SMILES string of the molecule is [CH3][Ge]([CH3])([CH3])[c]1ccc(-c2[c-]cccc2)nc1.[Ir].[c-]1ccc2c(sc3cc(-c4ccccc4)ccc32)c1-c1nccc2c1CCCC2. The van der Waals surface area contributed by atoms with Crippen molar-refractivity contribution in [1.29, 1.82) is 0 Å². The van der Waals surface area contributed by atoms with Crippen molar-refractivity contribution in [3.8, 4) is 33.6 Å². The number of aryl methyl sites for hydroxylation is 1. The molecule has 8 rings (SSSR count). The molecule has 46 heavy (non-hydrogen) atoms. The Kier molecular flexibility index (Phi) is 10.0. The molecule has 5 heteroatoms. The number of pyridine rings is 2. The second-order valence-corrected chi connectivity index (χ2v) is 24.4. The van der Waals surface area contributed by atoms with E-state index in [2.05, 4.69) is 113 Å². The molecule has 0 aliphatic heterocycles. The summed E-state index contributed by atoms with van der Waals surface area (Å²) in [5.41, 5.74) is 9.82. The van der Waals surface area contributed by atoms with E-state index < -0.39 is 13.3 Å². The van der Waals surface area contributed by atoms with Gasteiger partial charge in [0.2, 0.25) is 0 Å². The van der Waals surface area contributed by atoms with E-state index in [0.29, 0.717) is 0 Å². The average molecular weight is 854 g/mol. The zero-order chi connectivity index (χ0) is 30.8. The first-order valence-corrected chi connectivity index (χ1v) is 23.9. The van der Waals surface area contributed by atoms with Gasteiger partial charge in [-0.15, -0.1) is 23.8 Å².